The molecule has 6 heteroatoms. The lowest BCUT2D eigenvalue weighted by Crippen LogP contribution is -2.07. The summed E-state index contributed by atoms with van der Waals surface area (Å²) in [6.45, 7) is 1.99. The molecule has 20 heavy (non-hydrogen) atoms. The van der Waals surface area contributed by atoms with Crippen molar-refractivity contribution in [1.29, 1.82) is 0 Å². The molecule has 0 fully saturated rings. The number of anilines is 1. The number of carbonyl (C=O) groups excluding carboxylic acids is 1. The van der Waals surface area contributed by atoms with Crippen molar-refractivity contribution in [2.45, 2.75) is 6.92 Å². The van der Waals surface area contributed by atoms with Crippen molar-refractivity contribution < 1.29 is 14.6 Å². The minimum Gasteiger partial charge on any atom is -0.492 e. The smallest absolute Gasteiger partial charge is 0.353 e. The predicted octanol–water partition coefficient (Wildman–Crippen LogP) is 2.76. The number of thiazole rings is 1. The second kappa shape index (κ2) is 5.92. The van der Waals surface area contributed by atoms with E-state index in [1.807, 2.05) is 43.3 Å². The fraction of sp³-hybridized carbons (Fsp3) is 0.286. The number of hydrogen-bond acceptors (Lipinski definition) is 6. The first kappa shape index (κ1) is 14.3. The molecule has 0 amide bonds. The van der Waals surface area contributed by atoms with E-state index in [0.29, 0.717) is 5.01 Å². The SMILES string of the molecule is CCOC(=O)c1sc(-c2ccc(N(C)C)cc2)nc1O. The number of esters is 1. The largest absolute Gasteiger partial charge is 0.492 e. The Hall–Kier alpha value is -2.08. The summed E-state index contributed by atoms with van der Waals surface area (Å²) in [5.41, 5.74) is 1.92. The summed E-state index contributed by atoms with van der Waals surface area (Å²) in [7, 11) is 3.92. The highest BCUT2D eigenvalue weighted by Gasteiger charge is 2.19. The molecule has 2 aromatic rings. The van der Waals surface area contributed by atoms with Crippen LogP contribution in [0.15, 0.2) is 24.3 Å². The van der Waals surface area contributed by atoms with Gasteiger partial charge in [-0.2, -0.15) is 0 Å². The van der Waals surface area contributed by atoms with E-state index in [1.165, 1.54) is 0 Å². The normalized spacial score (nSPS) is 10.3. The lowest BCUT2D eigenvalue weighted by atomic mass is 10.2. The number of hydrogen-bond donors (Lipinski definition) is 1. The monoisotopic (exact) mass is 292 g/mol. The van der Waals surface area contributed by atoms with Crippen LogP contribution in [0.1, 0.15) is 16.6 Å². The van der Waals surface area contributed by atoms with Gasteiger partial charge in [0.2, 0.25) is 5.88 Å². The highest BCUT2D eigenvalue weighted by Crippen LogP contribution is 2.32. The Labute approximate surface area is 121 Å². The van der Waals surface area contributed by atoms with Crippen molar-refractivity contribution in [3.8, 4) is 16.5 Å². The first-order valence-electron chi connectivity index (χ1n) is 6.17. The third kappa shape index (κ3) is 2.91. The molecule has 2 rings (SSSR count). The van der Waals surface area contributed by atoms with Crippen LogP contribution in [0.3, 0.4) is 0 Å². The van der Waals surface area contributed by atoms with Crippen LogP contribution in [0, 0.1) is 0 Å². The summed E-state index contributed by atoms with van der Waals surface area (Å²) >= 11 is 1.13. The van der Waals surface area contributed by atoms with E-state index < -0.39 is 5.97 Å². The number of nitrogens with zero attached hydrogens (tertiary/aromatic N) is 2. The molecule has 0 saturated carbocycles. The zero-order valence-electron chi connectivity index (χ0n) is 11.6. The zero-order valence-corrected chi connectivity index (χ0v) is 12.4. The first-order valence-corrected chi connectivity index (χ1v) is 6.99. The van der Waals surface area contributed by atoms with E-state index in [2.05, 4.69) is 4.98 Å². The maximum Gasteiger partial charge on any atom is 0.353 e. The minimum atomic E-state index is -0.543. The van der Waals surface area contributed by atoms with E-state index in [4.69, 9.17) is 4.74 Å². The molecule has 106 valence electrons. The Kier molecular flexibility index (Phi) is 4.24. The van der Waals surface area contributed by atoms with E-state index >= 15 is 0 Å². The van der Waals surface area contributed by atoms with Crippen LogP contribution >= 0.6 is 11.3 Å². The lowest BCUT2D eigenvalue weighted by molar-refractivity contribution is 0.0528. The Bertz CT molecular complexity index is 605. The average molecular weight is 292 g/mol. The van der Waals surface area contributed by atoms with Gasteiger partial charge in [-0.1, -0.05) is 0 Å². The third-order valence-corrected chi connectivity index (χ3v) is 3.77. The van der Waals surface area contributed by atoms with Crippen molar-refractivity contribution >= 4 is 23.0 Å². The second-order valence-corrected chi connectivity index (χ2v) is 5.33. The highest BCUT2D eigenvalue weighted by atomic mass is 32.1. The average Bonchev–Trinajstić information content (AvgIpc) is 2.81. The molecule has 1 heterocycles. The molecular weight excluding hydrogens is 276 g/mol. The molecule has 1 N–H and O–H groups in total. The Balaban J connectivity index is 2.29. The molecule has 1 aromatic heterocycles. The number of benzene rings is 1. The van der Waals surface area contributed by atoms with Gasteiger partial charge in [-0.3, -0.25) is 0 Å². The van der Waals surface area contributed by atoms with Crippen molar-refractivity contribution in [2.24, 2.45) is 0 Å². The van der Waals surface area contributed by atoms with Crippen LogP contribution in [-0.2, 0) is 4.74 Å². The molecule has 0 radical (unpaired) electrons. The number of ether oxygens (including phenoxy) is 1. The Morgan fingerprint density at radius 2 is 2.00 bits per heavy atom. The lowest BCUT2D eigenvalue weighted by Gasteiger charge is -2.11. The van der Waals surface area contributed by atoms with Crippen LogP contribution < -0.4 is 4.90 Å². The van der Waals surface area contributed by atoms with E-state index in [0.717, 1.165) is 22.6 Å². The van der Waals surface area contributed by atoms with Gasteiger partial charge in [0.05, 0.1) is 6.61 Å². The van der Waals surface area contributed by atoms with Gasteiger partial charge in [0, 0.05) is 25.3 Å². The van der Waals surface area contributed by atoms with Crippen molar-refractivity contribution in [3.63, 3.8) is 0 Å². The molecule has 0 bridgehead atoms. The number of aromatic nitrogens is 1. The van der Waals surface area contributed by atoms with Gasteiger partial charge in [0.1, 0.15) is 5.01 Å². The summed E-state index contributed by atoms with van der Waals surface area (Å²) in [5, 5.41) is 10.3. The van der Waals surface area contributed by atoms with Crippen molar-refractivity contribution in [3.05, 3.63) is 29.1 Å². The topological polar surface area (TPSA) is 62.7 Å². The van der Waals surface area contributed by atoms with E-state index in [1.54, 1.807) is 6.92 Å². The highest BCUT2D eigenvalue weighted by molar-refractivity contribution is 7.17. The van der Waals surface area contributed by atoms with Gasteiger partial charge in [-0.25, -0.2) is 9.78 Å². The maximum absolute atomic E-state index is 11.6. The molecular formula is C14H16N2O3S. The molecule has 0 aliphatic rings. The number of aromatic hydroxyl groups is 1. The fourth-order valence-corrected chi connectivity index (χ4v) is 2.53. The summed E-state index contributed by atoms with van der Waals surface area (Å²) < 4.78 is 4.87. The first-order chi connectivity index (χ1) is 9.52. The third-order valence-electron chi connectivity index (χ3n) is 2.70. The van der Waals surface area contributed by atoms with Crippen molar-refractivity contribution in [1.82, 2.24) is 4.98 Å². The van der Waals surface area contributed by atoms with Gasteiger partial charge in [0.15, 0.2) is 4.88 Å². The van der Waals surface area contributed by atoms with Crippen LogP contribution in [-0.4, -0.2) is 36.8 Å². The Morgan fingerprint density at radius 1 is 1.35 bits per heavy atom. The molecule has 0 aliphatic carbocycles. The van der Waals surface area contributed by atoms with E-state index in [9.17, 15) is 9.90 Å². The summed E-state index contributed by atoms with van der Waals surface area (Å²) in [5.74, 6) is -0.821. The van der Waals surface area contributed by atoms with Crippen molar-refractivity contribution in [2.75, 3.05) is 25.6 Å². The Morgan fingerprint density at radius 3 is 2.55 bits per heavy atom. The van der Waals surface area contributed by atoms with Crippen LogP contribution in [0.25, 0.3) is 10.6 Å². The molecule has 0 saturated heterocycles. The maximum atomic E-state index is 11.6. The van der Waals surface area contributed by atoms with Crippen LogP contribution in [0.2, 0.25) is 0 Å². The molecule has 1 aromatic carbocycles. The molecule has 5 nitrogen and oxygen atoms in total. The van der Waals surface area contributed by atoms with Gasteiger partial charge in [0.25, 0.3) is 0 Å². The molecule has 0 spiro atoms. The summed E-state index contributed by atoms with van der Waals surface area (Å²) in [6, 6.07) is 7.72. The summed E-state index contributed by atoms with van der Waals surface area (Å²) in [4.78, 5) is 17.8. The van der Waals surface area contributed by atoms with Gasteiger partial charge >= 0.3 is 5.97 Å². The fourth-order valence-electron chi connectivity index (χ4n) is 1.67. The minimum absolute atomic E-state index is 0.138. The molecule has 0 atom stereocenters. The molecule has 0 aliphatic heterocycles. The number of carbonyl (C=O) groups is 1. The zero-order chi connectivity index (χ0) is 14.7. The van der Waals surface area contributed by atoms with Gasteiger partial charge < -0.3 is 14.7 Å². The van der Waals surface area contributed by atoms with Gasteiger partial charge in [-0.15, -0.1) is 11.3 Å². The van der Waals surface area contributed by atoms with Gasteiger partial charge in [-0.05, 0) is 31.2 Å². The van der Waals surface area contributed by atoms with E-state index in [-0.39, 0.29) is 17.4 Å². The predicted molar refractivity (Wildman–Crippen MR) is 79.5 cm³/mol. The quantitative estimate of drug-likeness (QED) is 0.878. The standard InChI is InChI=1S/C14H16N2O3S/c1-4-19-14(18)11-12(17)15-13(20-11)9-5-7-10(8-6-9)16(2)3/h5-8,17H,4H2,1-3H3. The second-order valence-electron chi connectivity index (χ2n) is 4.33. The van der Waals surface area contributed by atoms with Crippen LogP contribution in [0.5, 0.6) is 5.88 Å². The number of rotatable bonds is 4. The van der Waals surface area contributed by atoms with Crippen LogP contribution in [0.4, 0.5) is 5.69 Å². The molecule has 0 unspecified atom stereocenters. The summed E-state index contributed by atoms with van der Waals surface area (Å²) in [6.07, 6.45) is 0.